The van der Waals surface area contributed by atoms with Crippen LogP contribution < -0.4 is 5.32 Å². The number of aromatic amines is 1. The molecule has 1 atom stereocenters. The molecule has 2 aromatic rings. The molecule has 1 aliphatic rings. The molecule has 1 aromatic heterocycles. The van der Waals surface area contributed by atoms with E-state index in [2.05, 4.69) is 20.3 Å². The summed E-state index contributed by atoms with van der Waals surface area (Å²) in [6.07, 6.45) is 3.21. The van der Waals surface area contributed by atoms with Crippen LogP contribution in [0.25, 0.3) is 0 Å². The number of aliphatic imine (C=N–C) groups is 1. The minimum absolute atomic E-state index is 0.248. The molecule has 0 radical (unpaired) electrons. The number of imidazole rings is 1. The van der Waals surface area contributed by atoms with E-state index in [0.29, 0.717) is 11.6 Å². The van der Waals surface area contributed by atoms with Crippen LogP contribution in [-0.2, 0) is 17.8 Å². The van der Waals surface area contributed by atoms with Crippen molar-refractivity contribution in [2.45, 2.75) is 32.4 Å². The summed E-state index contributed by atoms with van der Waals surface area (Å²) in [4.78, 5) is 23.7. The lowest BCUT2D eigenvalue weighted by atomic mass is 10.2. The molecule has 6 heteroatoms. The first-order valence-electron chi connectivity index (χ1n) is 7.31. The zero-order valence-corrected chi connectivity index (χ0v) is 12.4. The molecular formula is C16H18N4O2. The van der Waals surface area contributed by atoms with Crippen molar-refractivity contribution in [3.05, 3.63) is 47.4 Å². The minimum Gasteiger partial charge on any atom is -0.445 e. The van der Waals surface area contributed by atoms with Crippen molar-refractivity contribution in [3.63, 3.8) is 0 Å². The highest BCUT2D eigenvalue weighted by atomic mass is 16.5. The van der Waals surface area contributed by atoms with Crippen LogP contribution >= 0.6 is 0 Å². The van der Waals surface area contributed by atoms with Crippen LogP contribution in [0.15, 0.2) is 35.3 Å². The van der Waals surface area contributed by atoms with Gasteiger partial charge in [0.2, 0.25) is 0 Å². The van der Waals surface area contributed by atoms with Gasteiger partial charge in [0.15, 0.2) is 5.82 Å². The first kappa shape index (κ1) is 14.3. The second-order valence-corrected chi connectivity index (χ2v) is 5.20. The normalized spacial score (nSPS) is 14.2. The summed E-state index contributed by atoms with van der Waals surface area (Å²) in [6.45, 7) is 2.11. The maximum atomic E-state index is 11.8. The summed E-state index contributed by atoms with van der Waals surface area (Å²) in [5.41, 5.74) is 1.97. The Balaban J connectivity index is 1.55. The number of carbonyl (C=O) groups is 1. The van der Waals surface area contributed by atoms with E-state index in [-0.39, 0.29) is 12.6 Å². The Morgan fingerprint density at radius 2 is 2.23 bits per heavy atom. The molecule has 0 saturated carbocycles. The Kier molecular flexibility index (Phi) is 4.18. The van der Waals surface area contributed by atoms with E-state index in [0.717, 1.165) is 24.1 Å². The number of fused-ring (bicyclic) bond motifs is 1. The number of H-pyrrole nitrogens is 1. The van der Waals surface area contributed by atoms with Gasteiger partial charge >= 0.3 is 6.09 Å². The summed E-state index contributed by atoms with van der Waals surface area (Å²) in [5.74, 6) is 1.41. The van der Waals surface area contributed by atoms with Gasteiger partial charge in [-0.05, 0) is 25.3 Å². The first-order valence-corrected chi connectivity index (χ1v) is 7.31. The molecule has 1 aromatic carbocycles. The number of aromatic nitrogens is 2. The van der Waals surface area contributed by atoms with E-state index in [1.54, 1.807) is 0 Å². The zero-order chi connectivity index (χ0) is 15.4. The molecule has 6 nitrogen and oxygen atoms in total. The van der Waals surface area contributed by atoms with Gasteiger partial charge in [0.1, 0.15) is 12.4 Å². The number of ether oxygens (including phenoxy) is 1. The molecule has 3 rings (SSSR count). The number of rotatable bonds is 4. The highest BCUT2D eigenvalue weighted by Gasteiger charge is 2.18. The largest absolute Gasteiger partial charge is 0.445 e. The number of aryl methyl sites for hydroxylation is 1. The van der Waals surface area contributed by atoms with Crippen molar-refractivity contribution in [3.8, 4) is 0 Å². The first-order chi connectivity index (χ1) is 10.7. The van der Waals surface area contributed by atoms with E-state index in [4.69, 9.17) is 4.74 Å². The van der Waals surface area contributed by atoms with Crippen LogP contribution in [0.1, 0.15) is 36.5 Å². The maximum Gasteiger partial charge on any atom is 0.408 e. The SMILES string of the molecule is CC(NC(=O)OCc1ccccc1)c1nc2c([nH]1)CCC=N2. The van der Waals surface area contributed by atoms with E-state index < -0.39 is 6.09 Å². The van der Waals surface area contributed by atoms with Crippen molar-refractivity contribution in [1.29, 1.82) is 0 Å². The number of amides is 1. The minimum atomic E-state index is -0.464. The third-order valence-electron chi connectivity index (χ3n) is 3.47. The van der Waals surface area contributed by atoms with Crippen molar-refractivity contribution in [2.24, 2.45) is 4.99 Å². The number of alkyl carbamates (subject to hydrolysis) is 1. The van der Waals surface area contributed by atoms with Gasteiger partial charge in [-0.2, -0.15) is 0 Å². The molecular weight excluding hydrogens is 280 g/mol. The Labute approximate surface area is 128 Å². The van der Waals surface area contributed by atoms with Gasteiger partial charge in [-0.1, -0.05) is 30.3 Å². The number of hydrogen-bond donors (Lipinski definition) is 2. The highest BCUT2D eigenvalue weighted by Crippen LogP contribution is 2.23. The number of benzene rings is 1. The average molecular weight is 298 g/mol. The molecule has 0 bridgehead atoms. The number of hydrogen-bond acceptors (Lipinski definition) is 4. The maximum absolute atomic E-state index is 11.8. The van der Waals surface area contributed by atoms with Crippen LogP contribution in [0.3, 0.4) is 0 Å². The highest BCUT2D eigenvalue weighted by molar-refractivity contribution is 5.68. The lowest BCUT2D eigenvalue weighted by Gasteiger charge is -2.11. The number of nitrogens with zero attached hydrogens (tertiary/aromatic N) is 2. The standard InChI is InChI=1S/C16H18N4O2/c1-11(14-19-13-8-5-9-17-15(13)20-14)18-16(21)22-10-12-6-3-2-4-7-12/h2-4,6-7,9,11H,5,8,10H2,1H3,(H,18,21)(H,19,20). The molecule has 0 fully saturated rings. The van der Waals surface area contributed by atoms with Crippen molar-refractivity contribution >= 4 is 18.1 Å². The van der Waals surface area contributed by atoms with Crippen LogP contribution in [0.4, 0.5) is 10.6 Å². The lowest BCUT2D eigenvalue weighted by molar-refractivity contribution is 0.136. The molecule has 0 spiro atoms. The summed E-state index contributed by atoms with van der Waals surface area (Å²) in [6, 6.07) is 9.31. The second kappa shape index (κ2) is 6.43. The number of nitrogens with one attached hydrogen (secondary N) is 2. The molecule has 0 aliphatic carbocycles. The topological polar surface area (TPSA) is 79.4 Å². The fraction of sp³-hybridized carbons (Fsp3) is 0.312. The van der Waals surface area contributed by atoms with Crippen molar-refractivity contribution in [1.82, 2.24) is 15.3 Å². The smallest absolute Gasteiger partial charge is 0.408 e. The third kappa shape index (κ3) is 3.33. The second-order valence-electron chi connectivity index (χ2n) is 5.20. The summed E-state index contributed by atoms with van der Waals surface area (Å²) >= 11 is 0. The van der Waals surface area contributed by atoms with Crippen molar-refractivity contribution < 1.29 is 9.53 Å². The monoisotopic (exact) mass is 298 g/mol. The number of carbonyl (C=O) groups excluding carboxylic acids is 1. The van der Waals surface area contributed by atoms with Gasteiger partial charge in [-0.25, -0.2) is 14.8 Å². The summed E-state index contributed by atoms with van der Waals surface area (Å²) in [5, 5.41) is 2.77. The molecule has 1 unspecified atom stereocenters. The van der Waals surface area contributed by atoms with Gasteiger partial charge in [0.25, 0.3) is 0 Å². The van der Waals surface area contributed by atoms with Gasteiger partial charge in [-0.15, -0.1) is 0 Å². The van der Waals surface area contributed by atoms with Gasteiger partial charge in [0.05, 0.1) is 11.7 Å². The molecule has 1 amide bonds. The van der Waals surface area contributed by atoms with Gasteiger partial charge in [0, 0.05) is 6.21 Å². The molecule has 2 heterocycles. The Morgan fingerprint density at radius 1 is 1.41 bits per heavy atom. The van der Waals surface area contributed by atoms with Crippen LogP contribution in [-0.4, -0.2) is 22.3 Å². The van der Waals surface area contributed by atoms with Crippen LogP contribution in [0.5, 0.6) is 0 Å². The van der Waals surface area contributed by atoms with Crippen LogP contribution in [0.2, 0.25) is 0 Å². The van der Waals surface area contributed by atoms with Gasteiger partial charge in [-0.3, -0.25) is 0 Å². The van der Waals surface area contributed by atoms with Crippen LogP contribution in [0, 0.1) is 0 Å². The van der Waals surface area contributed by atoms with E-state index in [9.17, 15) is 4.79 Å². The Hall–Kier alpha value is -2.63. The fourth-order valence-electron chi connectivity index (χ4n) is 2.28. The zero-order valence-electron chi connectivity index (χ0n) is 12.4. The molecule has 0 saturated heterocycles. The van der Waals surface area contributed by atoms with Crippen molar-refractivity contribution in [2.75, 3.05) is 0 Å². The fourth-order valence-corrected chi connectivity index (χ4v) is 2.28. The van der Waals surface area contributed by atoms with E-state index in [1.807, 2.05) is 43.5 Å². The quantitative estimate of drug-likeness (QED) is 0.910. The molecule has 114 valence electrons. The summed E-state index contributed by atoms with van der Waals surface area (Å²) in [7, 11) is 0. The molecule has 1 aliphatic heterocycles. The van der Waals surface area contributed by atoms with Gasteiger partial charge < -0.3 is 15.0 Å². The van der Waals surface area contributed by atoms with E-state index >= 15 is 0 Å². The Bertz CT molecular complexity index is 679. The Morgan fingerprint density at radius 3 is 3.00 bits per heavy atom. The predicted octanol–water partition coefficient (Wildman–Crippen LogP) is 3.05. The average Bonchev–Trinajstić information content (AvgIpc) is 2.98. The molecule has 2 N–H and O–H groups in total. The molecule has 22 heavy (non-hydrogen) atoms. The third-order valence-corrected chi connectivity index (χ3v) is 3.47. The predicted molar refractivity (Wildman–Crippen MR) is 83.2 cm³/mol. The summed E-state index contributed by atoms with van der Waals surface area (Å²) < 4.78 is 5.20. The lowest BCUT2D eigenvalue weighted by Crippen LogP contribution is -2.28. The van der Waals surface area contributed by atoms with E-state index in [1.165, 1.54) is 0 Å².